The number of amides is 2. The topological polar surface area (TPSA) is 95.5 Å². The van der Waals surface area contributed by atoms with Crippen molar-refractivity contribution in [1.29, 1.82) is 0 Å². The molecule has 110 valence electrons. The van der Waals surface area contributed by atoms with Crippen molar-refractivity contribution in [3.05, 3.63) is 34.3 Å². The average molecular weight is 353 g/mol. The second-order valence-electron chi connectivity index (χ2n) is 4.03. The Morgan fingerprint density at radius 3 is 2.57 bits per heavy atom. The Morgan fingerprint density at radius 1 is 1.33 bits per heavy atom. The normalized spacial score (nSPS) is 11.0. The lowest BCUT2D eigenvalue weighted by Gasteiger charge is -2.12. The maximum Gasteiger partial charge on any atom is 0.327 e. The van der Waals surface area contributed by atoms with E-state index in [0.717, 1.165) is 0 Å². The largest absolute Gasteiger partial charge is 0.480 e. The van der Waals surface area contributed by atoms with Crippen molar-refractivity contribution in [2.24, 2.45) is 0 Å². The zero-order chi connectivity index (χ0) is 15.8. The van der Waals surface area contributed by atoms with Crippen LogP contribution in [-0.4, -0.2) is 35.5 Å². The number of terminal acetylenes is 1. The van der Waals surface area contributed by atoms with Gasteiger partial charge in [0.15, 0.2) is 0 Å². The molecule has 21 heavy (non-hydrogen) atoms. The first-order valence-corrected chi connectivity index (χ1v) is 6.73. The fourth-order valence-corrected chi connectivity index (χ4v) is 1.93. The van der Waals surface area contributed by atoms with Crippen LogP contribution in [0.15, 0.2) is 28.7 Å². The molecule has 6 nitrogen and oxygen atoms in total. The lowest BCUT2D eigenvalue weighted by atomic mass is 10.2. The highest BCUT2D eigenvalue weighted by molar-refractivity contribution is 9.10. The number of rotatable bonds is 6. The first-order valence-electron chi connectivity index (χ1n) is 5.94. The van der Waals surface area contributed by atoms with Gasteiger partial charge in [0, 0.05) is 10.9 Å². The Bertz CT molecular complexity index is 595. The number of halogens is 1. The molecule has 1 aromatic carbocycles. The van der Waals surface area contributed by atoms with Gasteiger partial charge in [-0.25, -0.2) is 4.79 Å². The summed E-state index contributed by atoms with van der Waals surface area (Å²) >= 11 is 3.22. The Kier molecular flexibility index (Phi) is 6.43. The molecule has 0 aliphatic rings. The quantitative estimate of drug-likeness (QED) is 0.659. The summed E-state index contributed by atoms with van der Waals surface area (Å²) in [5, 5.41) is 13.5. The van der Waals surface area contributed by atoms with Crippen molar-refractivity contribution in [3.8, 4) is 12.3 Å². The van der Waals surface area contributed by atoms with Crippen molar-refractivity contribution in [1.82, 2.24) is 10.6 Å². The zero-order valence-electron chi connectivity index (χ0n) is 10.9. The number of benzene rings is 1. The number of nitrogens with one attached hydrogen (secondary N) is 2. The molecule has 1 atom stereocenters. The standard InChI is InChI=1S/C14H13BrN2O4/c1-2-5-11(14(20)21)17-12(18)8-16-13(19)9-6-3-4-7-10(9)15/h1,3-4,6-7,11H,5,8H2,(H,16,19)(H,17,18)(H,20,21). The molecule has 1 unspecified atom stereocenters. The van der Waals surface area contributed by atoms with Gasteiger partial charge in [-0.1, -0.05) is 12.1 Å². The van der Waals surface area contributed by atoms with E-state index < -0.39 is 23.8 Å². The van der Waals surface area contributed by atoms with Crippen molar-refractivity contribution < 1.29 is 19.5 Å². The average Bonchev–Trinajstić information content (AvgIpc) is 2.44. The van der Waals surface area contributed by atoms with E-state index in [-0.39, 0.29) is 13.0 Å². The van der Waals surface area contributed by atoms with Gasteiger partial charge in [0.2, 0.25) is 5.91 Å². The smallest absolute Gasteiger partial charge is 0.327 e. The number of aliphatic carboxylic acids is 1. The molecule has 0 aliphatic heterocycles. The van der Waals surface area contributed by atoms with Gasteiger partial charge in [0.1, 0.15) is 6.04 Å². The van der Waals surface area contributed by atoms with E-state index in [1.165, 1.54) is 0 Å². The van der Waals surface area contributed by atoms with Gasteiger partial charge >= 0.3 is 5.97 Å². The van der Waals surface area contributed by atoms with Gasteiger partial charge in [-0.2, -0.15) is 0 Å². The summed E-state index contributed by atoms with van der Waals surface area (Å²) in [5.41, 5.74) is 0.378. The number of carbonyl (C=O) groups is 3. The highest BCUT2D eigenvalue weighted by atomic mass is 79.9. The molecule has 1 aromatic rings. The number of hydrogen-bond donors (Lipinski definition) is 3. The number of hydrogen-bond acceptors (Lipinski definition) is 3. The van der Waals surface area contributed by atoms with E-state index in [0.29, 0.717) is 10.0 Å². The molecule has 3 N–H and O–H groups in total. The van der Waals surface area contributed by atoms with E-state index in [2.05, 4.69) is 32.5 Å². The molecule has 0 saturated carbocycles. The molecule has 0 bridgehead atoms. The van der Waals surface area contributed by atoms with E-state index in [1.54, 1.807) is 24.3 Å². The van der Waals surface area contributed by atoms with E-state index in [1.807, 2.05) is 0 Å². The third-order valence-corrected chi connectivity index (χ3v) is 3.17. The third kappa shape index (κ3) is 5.28. The summed E-state index contributed by atoms with van der Waals surface area (Å²) in [6, 6.07) is 5.57. The molecular weight excluding hydrogens is 340 g/mol. The number of carboxylic acids is 1. The summed E-state index contributed by atoms with van der Waals surface area (Å²) in [6.07, 6.45) is 4.89. The molecule has 0 radical (unpaired) electrons. The van der Waals surface area contributed by atoms with Crippen LogP contribution < -0.4 is 10.6 Å². The second kappa shape index (κ2) is 8.07. The maximum absolute atomic E-state index is 11.8. The molecule has 0 saturated heterocycles. The van der Waals surface area contributed by atoms with Gasteiger partial charge in [-0.05, 0) is 28.1 Å². The zero-order valence-corrected chi connectivity index (χ0v) is 12.5. The highest BCUT2D eigenvalue weighted by Gasteiger charge is 2.19. The van der Waals surface area contributed by atoms with Crippen molar-refractivity contribution >= 4 is 33.7 Å². The van der Waals surface area contributed by atoms with Gasteiger partial charge < -0.3 is 15.7 Å². The van der Waals surface area contributed by atoms with Crippen LogP contribution in [0.25, 0.3) is 0 Å². The Labute approximate surface area is 130 Å². The van der Waals surface area contributed by atoms with Crippen LogP contribution in [0.4, 0.5) is 0 Å². The Hall–Kier alpha value is -2.33. The third-order valence-electron chi connectivity index (χ3n) is 2.48. The number of carboxylic acid groups (broad SMARTS) is 1. The summed E-state index contributed by atoms with van der Waals surface area (Å²) < 4.78 is 0.596. The van der Waals surface area contributed by atoms with Crippen molar-refractivity contribution in [3.63, 3.8) is 0 Å². The van der Waals surface area contributed by atoms with Crippen LogP contribution in [0, 0.1) is 12.3 Å². The first-order chi connectivity index (χ1) is 9.95. The molecule has 0 fully saturated rings. The molecule has 2 amide bonds. The van der Waals surface area contributed by atoms with Gasteiger partial charge in [-0.15, -0.1) is 12.3 Å². The van der Waals surface area contributed by atoms with Crippen molar-refractivity contribution in [2.75, 3.05) is 6.54 Å². The molecule has 0 spiro atoms. The SMILES string of the molecule is C#CCC(NC(=O)CNC(=O)c1ccccc1Br)C(=O)O. The van der Waals surface area contributed by atoms with E-state index in [9.17, 15) is 14.4 Å². The highest BCUT2D eigenvalue weighted by Crippen LogP contribution is 2.15. The molecular formula is C14H13BrN2O4. The summed E-state index contributed by atoms with van der Waals surface area (Å²) in [5.74, 6) is -0.130. The lowest BCUT2D eigenvalue weighted by Crippen LogP contribution is -2.45. The predicted octanol–water partition coefficient (Wildman–Crippen LogP) is 0.772. The Morgan fingerprint density at radius 2 is 2.00 bits per heavy atom. The molecule has 0 aliphatic carbocycles. The summed E-state index contributed by atoms with van der Waals surface area (Å²) in [7, 11) is 0. The molecule has 0 heterocycles. The van der Waals surface area contributed by atoms with Crippen LogP contribution in [0.3, 0.4) is 0 Å². The van der Waals surface area contributed by atoms with Crippen LogP contribution in [-0.2, 0) is 9.59 Å². The fourth-order valence-electron chi connectivity index (χ4n) is 1.46. The van der Waals surface area contributed by atoms with Crippen LogP contribution >= 0.6 is 15.9 Å². The second-order valence-corrected chi connectivity index (χ2v) is 4.88. The van der Waals surface area contributed by atoms with Crippen LogP contribution in [0.5, 0.6) is 0 Å². The van der Waals surface area contributed by atoms with Gasteiger partial charge in [-0.3, -0.25) is 9.59 Å². The van der Waals surface area contributed by atoms with Gasteiger partial charge in [0.25, 0.3) is 5.91 Å². The van der Waals surface area contributed by atoms with Crippen LogP contribution in [0.2, 0.25) is 0 Å². The van der Waals surface area contributed by atoms with E-state index >= 15 is 0 Å². The lowest BCUT2D eigenvalue weighted by molar-refractivity contribution is -0.141. The molecule has 7 heteroatoms. The van der Waals surface area contributed by atoms with Gasteiger partial charge in [0.05, 0.1) is 12.1 Å². The van der Waals surface area contributed by atoms with Crippen LogP contribution in [0.1, 0.15) is 16.8 Å². The minimum Gasteiger partial charge on any atom is -0.480 e. The monoisotopic (exact) mass is 352 g/mol. The Balaban J connectivity index is 2.53. The minimum absolute atomic E-state index is 0.126. The molecule has 1 rings (SSSR count). The number of carbonyl (C=O) groups excluding carboxylic acids is 2. The minimum atomic E-state index is -1.22. The first kappa shape index (κ1) is 16.7. The van der Waals surface area contributed by atoms with Crippen molar-refractivity contribution in [2.45, 2.75) is 12.5 Å². The van der Waals surface area contributed by atoms with E-state index in [4.69, 9.17) is 11.5 Å². The predicted molar refractivity (Wildman–Crippen MR) is 79.5 cm³/mol. The maximum atomic E-state index is 11.8. The summed E-state index contributed by atoms with van der Waals surface area (Å²) in [4.78, 5) is 34.3. The summed E-state index contributed by atoms with van der Waals surface area (Å²) in [6.45, 7) is -0.339. The fraction of sp³-hybridized carbons (Fsp3) is 0.214. The molecule has 0 aromatic heterocycles.